The molecule has 0 bridgehead atoms. The summed E-state index contributed by atoms with van der Waals surface area (Å²) in [6, 6.07) is 6.33. The van der Waals surface area contributed by atoms with Crippen LogP contribution in [-0.2, 0) is 0 Å². The van der Waals surface area contributed by atoms with Crippen LogP contribution in [-0.4, -0.2) is 35.4 Å². The molecule has 0 aromatic heterocycles. The number of hydrogen-bond acceptors (Lipinski definition) is 3. The highest BCUT2D eigenvalue weighted by atomic mass is 79.9. The first-order chi connectivity index (χ1) is 7.19. The molecular weight excluding hydrogens is 262 g/mol. The van der Waals surface area contributed by atoms with Gasteiger partial charge < -0.3 is 15.5 Å². The number of halogens is 1. The number of benzene rings is 1. The summed E-state index contributed by atoms with van der Waals surface area (Å²) in [5, 5.41) is 20.1. The van der Waals surface area contributed by atoms with E-state index < -0.39 is 6.04 Å². The van der Waals surface area contributed by atoms with Gasteiger partial charge in [-0.3, -0.25) is 4.79 Å². The SMILES string of the molecule is O=C(NC(CO)CO)c1ccccc1Br. The van der Waals surface area contributed by atoms with Crippen molar-refractivity contribution in [2.24, 2.45) is 0 Å². The Morgan fingerprint density at radius 1 is 1.33 bits per heavy atom. The maximum absolute atomic E-state index is 11.6. The van der Waals surface area contributed by atoms with E-state index in [2.05, 4.69) is 21.2 Å². The van der Waals surface area contributed by atoms with Crippen molar-refractivity contribution >= 4 is 21.8 Å². The third-order valence-corrected chi connectivity index (χ3v) is 2.59. The Morgan fingerprint density at radius 2 is 1.93 bits per heavy atom. The first-order valence-electron chi connectivity index (χ1n) is 4.46. The molecule has 0 radical (unpaired) electrons. The summed E-state index contributed by atoms with van der Waals surface area (Å²) in [7, 11) is 0. The summed E-state index contributed by atoms with van der Waals surface area (Å²) >= 11 is 3.24. The summed E-state index contributed by atoms with van der Waals surface area (Å²) in [6.45, 7) is -0.570. The van der Waals surface area contributed by atoms with Gasteiger partial charge in [0.15, 0.2) is 0 Å². The van der Waals surface area contributed by atoms with Crippen molar-refractivity contribution in [3.8, 4) is 0 Å². The molecule has 0 saturated carbocycles. The van der Waals surface area contributed by atoms with E-state index in [9.17, 15) is 4.79 Å². The maximum atomic E-state index is 11.6. The summed E-state index contributed by atoms with van der Waals surface area (Å²) in [4.78, 5) is 11.6. The molecule has 0 saturated heterocycles. The van der Waals surface area contributed by atoms with Gasteiger partial charge in [-0.05, 0) is 28.1 Å². The third-order valence-electron chi connectivity index (χ3n) is 1.89. The number of aliphatic hydroxyl groups is 2. The van der Waals surface area contributed by atoms with Gasteiger partial charge in [-0.15, -0.1) is 0 Å². The molecule has 0 aliphatic rings. The van der Waals surface area contributed by atoms with Crippen LogP contribution in [0.5, 0.6) is 0 Å². The number of amides is 1. The predicted octanol–water partition coefficient (Wildman–Crippen LogP) is 0.532. The Hall–Kier alpha value is -0.910. The zero-order valence-corrected chi connectivity index (χ0v) is 9.57. The molecule has 5 heteroatoms. The first-order valence-corrected chi connectivity index (χ1v) is 5.25. The van der Waals surface area contributed by atoms with E-state index in [0.717, 1.165) is 0 Å². The zero-order valence-electron chi connectivity index (χ0n) is 7.98. The van der Waals surface area contributed by atoms with Gasteiger partial charge in [0.05, 0.1) is 24.8 Å². The molecule has 1 aromatic carbocycles. The monoisotopic (exact) mass is 273 g/mol. The lowest BCUT2D eigenvalue weighted by Gasteiger charge is -2.13. The molecule has 1 aromatic rings. The van der Waals surface area contributed by atoms with Crippen molar-refractivity contribution < 1.29 is 15.0 Å². The number of carbonyl (C=O) groups is 1. The molecule has 0 unspecified atom stereocenters. The van der Waals surface area contributed by atoms with E-state index in [4.69, 9.17) is 10.2 Å². The third kappa shape index (κ3) is 3.30. The first kappa shape index (κ1) is 12.2. The second kappa shape index (κ2) is 5.85. The van der Waals surface area contributed by atoms with Crippen molar-refractivity contribution in [3.63, 3.8) is 0 Å². The van der Waals surface area contributed by atoms with Gasteiger partial charge in [0, 0.05) is 4.47 Å². The quantitative estimate of drug-likeness (QED) is 0.750. The van der Waals surface area contributed by atoms with E-state index in [1.165, 1.54) is 0 Å². The van der Waals surface area contributed by atoms with E-state index in [0.29, 0.717) is 10.0 Å². The van der Waals surface area contributed by atoms with Gasteiger partial charge in [-0.2, -0.15) is 0 Å². The molecule has 0 fully saturated rings. The van der Waals surface area contributed by atoms with Crippen LogP contribution in [0.15, 0.2) is 28.7 Å². The highest BCUT2D eigenvalue weighted by molar-refractivity contribution is 9.10. The van der Waals surface area contributed by atoms with Crippen LogP contribution < -0.4 is 5.32 Å². The molecule has 0 heterocycles. The molecule has 4 nitrogen and oxygen atoms in total. The van der Waals surface area contributed by atoms with Gasteiger partial charge in [0.1, 0.15) is 0 Å². The largest absolute Gasteiger partial charge is 0.394 e. The number of hydrogen-bond donors (Lipinski definition) is 3. The average molecular weight is 274 g/mol. The molecule has 82 valence electrons. The Labute approximate surface area is 96.1 Å². The highest BCUT2D eigenvalue weighted by Crippen LogP contribution is 2.15. The van der Waals surface area contributed by atoms with Gasteiger partial charge in [-0.25, -0.2) is 0 Å². The number of carbonyl (C=O) groups excluding carboxylic acids is 1. The van der Waals surface area contributed by atoms with Crippen molar-refractivity contribution in [3.05, 3.63) is 34.3 Å². The molecular formula is C10H12BrNO3. The minimum absolute atomic E-state index is 0.285. The highest BCUT2D eigenvalue weighted by Gasteiger charge is 2.13. The van der Waals surface area contributed by atoms with E-state index in [1.54, 1.807) is 24.3 Å². The van der Waals surface area contributed by atoms with E-state index in [-0.39, 0.29) is 19.1 Å². The fourth-order valence-electron chi connectivity index (χ4n) is 1.06. The van der Waals surface area contributed by atoms with Crippen molar-refractivity contribution in [1.29, 1.82) is 0 Å². The van der Waals surface area contributed by atoms with Crippen LogP contribution in [0.1, 0.15) is 10.4 Å². The molecule has 0 aliphatic carbocycles. The Balaban J connectivity index is 2.73. The zero-order chi connectivity index (χ0) is 11.3. The summed E-state index contributed by atoms with van der Waals surface area (Å²) < 4.78 is 0.678. The smallest absolute Gasteiger partial charge is 0.252 e. The van der Waals surface area contributed by atoms with E-state index >= 15 is 0 Å². The molecule has 0 aliphatic heterocycles. The molecule has 0 spiro atoms. The minimum atomic E-state index is -0.621. The topological polar surface area (TPSA) is 69.6 Å². The lowest BCUT2D eigenvalue weighted by molar-refractivity contribution is 0.0878. The van der Waals surface area contributed by atoms with Crippen molar-refractivity contribution in [1.82, 2.24) is 5.32 Å². The minimum Gasteiger partial charge on any atom is -0.394 e. The van der Waals surface area contributed by atoms with Crippen LogP contribution in [0.2, 0.25) is 0 Å². The summed E-state index contributed by atoms with van der Waals surface area (Å²) in [5.74, 6) is -0.324. The van der Waals surface area contributed by atoms with Gasteiger partial charge in [0.25, 0.3) is 5.91 Å². The fraction of sp³-hybridized carbons (Fsp3) is 0.300. The molecule has 3 N–H and O–H groups in total. The maximum Gasteiger partial charge on any atom is 0.252 e. The number of nitrogens with one attached hydrogen (secondary N) is 1. The second-order valence-corrected chi connectivity index (χ2v) is 3.87. The Bertz CT molecular complexity index is 339. The van der Waals surface area contributed by atoms with E-state index in [1.807, 2.05) is 0 Å². The number of aliphatic hydroxyl groups excluding tert-OH is 2. The molecule has 0 atom stereocenters. The van der Waals surface area contributed by atoms with Crippen LogP contribution in [0.4, 0.5) is 0 Å². The van der Waals surface area contributed by atoms with Crippen molar-refractivity contribution in [2.45, 2.75) is 6.04 Å². The summed E-state index contributed by atoms with van der Waals surface area (Å²) in [6.07, 6.45) is 0. The standard InChI is InChI=1S/C10H12BrNO3/c11-9-4-2-1-3-8(9)10(15)12-7(5-13)6-14/h1-4,7,13-14H,5-6H2,(H,12,15). The molecule has 15 heavy (non-hydrogen) atoms. The van der Waals surface area contributed by atoms with Gasteiger partial charge >= 0.3 is 0 Å². The fourth-order valence-corrected chi connectivity index (χ4v) is 1.52. The molecule has 1 rings (SSSR count). The molecule has 1 amide bonds. The second-order valence-electron chi connectivity index (χ2n) is 3.02. The average Bonchev–Trinajstić information content (AvgIpc) is 2.26. The number of rotatable bonds is 4. The predicted molar refractivity (Wildman–Crippen MR) is 59.6 cm³/mol. The van der Waals surface area contributed by atoms with Crippen LogP contribution in [0, 0.1) is 0 Å². The van der Waals surface area contributed by atoms with Crippen LogP contribution in [0.3, 0.4) is 0 Å². The Morgan fingerprint density at radius 3 is 2.47 bits per heavy atom. The summed E-state index contributed by atoms with van der Waals surface area (Å²) in [5.41, 5.74) is 0.476. The lowest BCUT2D eigenvalue weighted by atomic mass is 10.2. The normalized spacial score (nSPS) is 10.4. The Kier molecular flexibility index (Phi) is 4.74. The van der Waals surface area contributed by atoms with Gasteiger partial charge in [0.2, 0.25) is 0 Å². The van der Waals surface area contributed by atoms with Gasteiger partial charge in [-0.1, -0.05) is 12.1 Å². The van der Waals surface area contributed by atoms with Crippen LogP contribution in [0.25, 0.3) is 0 Å². The van der Waals surface area contributed by atoms with Crippen molar-refractivity contribution in [2.75, 3.05) is 13.2 Å². The van der Waals surface area contributed by atoms with Crippen LogP contribution >= 0.6 is 15.9 Å². The lowest BCUT2D eigenvalue weighted by Crippen LogP contribution is -2.40.